The summed E-state index contributed by atoms with van der Waals surface area (Å²) in [6.45, 7) is 0.611. The van der Waals surface area contributed by atoms with Gasteiger partial charge in [-0.1, -0.05) is 19.3 Å². The van der Waals surface area contributed by atoms with Crippen molar-refractivity contribution in [2.24, 2.45) is 18.2 Å². The van der Waals surface area contributed by atoms with Crippen LogP contribution in [0.15, 0.2) is 12.4 Å². The van der Waals surface area contributed by atoms with Crippen molar-refractivity contribution in [3.8, 4) is 0 Å². The van der Waals surface area contributed by atoms with E-state index in [-0.39, 0.29) is 36.1 Å². The van der Waals surface area contributed by atoms with Gasteiger partial charge in [-0.15, -0.1) is 24.8 Å². The van der Waals surface area contributed by atoms with Gasteiger partial charge in [0.15, 0.2) is 0 Å². The summed E-state index contributed by atoms with van der Waals surface area (Å²) in [5.41, 5.74) is 6.80. The summed E-state index contributed by atoms with van der Waals surface area (Å²) in [5.74, 6) is 0.139. The smallest absolute Gasteiger partial charge is 0.227 e. The number of anilines is 1. The lowest BCUT2D eigenvalue weighted by Crippen LogP contribution is -2.39. The summed E-state index contributed by atoms with van der Waals surface area (Å²) in [6, 6.07) is 0. The zero-order valence-corrected chi connectivity index (χ0v) is 14.4. The van der Waals surface area contributed by atoms with Crippen molar-refractivity contribution >= 4 is 36.4 Å². The van der Waals surface area contributed by atoms with Gasteiger partial charge in [0.05, 0.1) is 11.9 Å². The summed E-state index contributed by atoms with van der Waals surface area (Å²) in [6.07, 6.45) is 9.94. The van der Waals surface area contributed by atoms with Gasteiger partial charge in [-0.3, -0.25) is 9.48 Å². The van der Waals surface area contributed by atoms with Gasteiger partial charge in [-0.2, -0.15) is 5.10 Å². The molecule has 0 spiro atoms. The minimum Gasteiger partial charge on any atom is -0.330 e. The highest BCUT2D eigenvalue weighted by molar-refractivity contribution is 5.93. The lowest BCUT2D eigenvalue weighted by Gasteiger charge is -2.36. The molecule has 2 rings (SSSR count). The Balaban J connectivity index is 0.00000200. The van der Waals surface area contributed by atoms with Gasteiger partial charge in [0.2, 0.25) is 5.91 Å². The number of hydrogen-bond donors (Lipinski definition) is 1. The van der Waals surface area contributed by atoms with E-state index in [2.05, 4.69) is 5.10 Å². The second-order valence-corrected chi connectivity index (χ2v) is 5.77. The Bertz CT molecular complexity index is 444. The molecule has 7 heteroatoms. The Morgan fingerprint density at radius 2 is 2.00 bits per heavy atom. The Hall–Kier alpha value is -0.780. The van der Waals surface area contributed by atoms with Crippen molar-refractivity contribution in [3.63, 3.8) is 0 Å². The van der Waals surface area contributed by atoms with Crippen LogP contribution in [0.3, 0.4) is 0 Å². The number of nitrogens with two attached hydrogens (primary N) is 1. The maximum absolute atomic E-state index is 12.4. The second kappa shape index (κ2) is 8.61. The highest BCUT2D eigenvalue weighted by atomic mass is 35.5. The van der Waals surface area contributed by atoms with Gasteiger partial charge in [-0.25, -0.2) is 0 Å². The molecule has 1 saturated carbocycles. The van der Waals surface area contributed by atoms with Crippen LogP contribution in [0.25, 0.3) is 0 Å². The molecule has 2 N–H and O–H groups in total. The fourth-order valence-electron chi connectivity index (χ4n) is 2.92. The molecule has 1 amide bonds. The number of carbonyl (C=O) groups excluding carboxylic acids is 1. The number of nitrogens with zero attached hydrogens (tertiary/aromatic N) is 3. The Labute approximate surface area is 139 Å². The van der Waals surface area contributed by atoms with Gasteiger partial charge in [0.25, 0.3) is 0 Å². The molecule has 1 fully saturated rings. The number of aromatic nitrogens is 2. The first-order valence-corrected chi connectivity index (χ1v) is 7.02. The topological polar surface area (TPSA) is 64.2 Å². The summed E-state index contributed by atoms with van der Waals surface area (Å²) in [5, 5.41) is 4.10. The second-order valence-electron chi connectivity index (χ2n) is 5.77. The van der Waals surface area contributed by atoms with Crippen LogP contribution in [0, 0.1) is 5.41 Å². The maximum atomic E-state index is 12.4. The number of carbonyl (C=O) groups is 1. The van der Waals surface area contributed by atoms with Gasteiger partial charge < -0.3 is 10.6 Å². The third-order valence-corrected chi connectivity index (χ3v) is 4.33. The average molecular weight is 337 g/mol. The fraction of sp³-hybridized carbons (Fsp3) is 0.714. The van der Waals surface area contributed by atoms with E-state index in [9.17, 15) is 4.79 Å². The van der Waals surface area contributed by atoms with Crippen molar-refractivity contribution in [3.05, 3.63) is 12.4 Å². The van der Waals surface area contributed by atoms with E-state index < -0.39 is 0 Å². The van der Waals surface area contributed by atoms with E-state index in [1.807, 2.05) is 20.3 Å². The van der Waals surface area contributed by atoms with E-state index in [0.29, 0.717) is 13.0 Å². The maximum Gasteiger partial charge on any atom is 0.227 e. The number of halogens is 2. The van der Waals surface area contributed by atoms with Gasteiger partial charge in [0, 0.05) is 26.7 Å². The molecule has 1 aliphatic rings. The molecular weight excluding hydrogens is 311 g/mol. The zero-order chi connectivity index (χ0) is 13.9. The first-order chi connectivity index (χ1) is 9.06. The van der Waals surface area contributed by atoms with Crippen LogP contribution in [0.1, 0.15) is 38.5 Å². The van der Waals surface area contributed by atoms with Gasteiger partial charge in [0.1, 0.15) is 0 Å². The van der Waals surface area contributed by atoms with Crippen molar-refractivity contribution < 1.29 is 4.79 Å². The van der Waals surface area contributed by atoms with Crippen molar-refractivity contribution in [2.75, 3.05) is 18.5 Å². The van der Waals surface area contributed by atoms with E-state index >= 15 is 0 Å². The molecule has 1 heterocycles. The van der Waals surface area contributed by atoms with Crippen LogP contribution >= 0.6 is 24.8 Å². The van der Waals surface area contributed by atoms with E-state index in [1.165, 1.54) is 19.3 Å². The van der Waals surface area contributed by atoms with Crippen LogP contribution < -0.4 is 10.6 Å². The molecule has 0 radical (unpaired) electrons. The fourth-order valence-corrected chi connectivity index (χ4v) is 2.92. The number of amides is 1. The summed E-state index contributed by atoms with van der Waals surface area (Å²) >= 11 is 0. The monoisotopic (exact) mass is 336 g/mol. The molecule has 0 saturated heterocycles. The molecule has 0 atom stereocenters. The van der Waals surface area contributed by atoms with E-state index in [1.54, 1.807) is 15.8 Å². The first kappa shape index (κ1) is 20.2. The number of aryl methyl sites for hydroxylation is 1. The van der Waals surface area contributed by atoms with Crippen molar-refractivity contribution in [2.45, 2.75) is 38.5 Å². The Morgan fingerprint density at radius 1 is 1.38 bits per heavy atom. The predicted octanol–water partition coefficient (Wildman–Crippen LogP) is 2.53. The van der Waals surface area contributed by atoms with Crippen molar-refractivity contribution in [1.29, 1.82) is 0 Å². The summed E-state index contributed by atoms with van der Waals surface area (Å²) in [4.78, 5) is 14.1. The van der Waals surface area contributed by atoms with Crippen LogP contribution in [0.5, 0.6) is 0 Å². The van der Waals surface area contributed by atoms with E-state index in [4.69, 9.17) is 5.73 Å². The lowest BCUT2D eigenvalue weighted by atomic mass is 9.71. The number of hydrogen-bond acceptors (Lipinski definition) is 3. The zero-order valence-electron chi connectivity index (χ0n) is 12.7. The quantitative estimate of drug-likeness (QED) is 0.918. The first-order valence-electron chi connectivity index (χ1n) is 7.02. The molecule has 5 nitrogen and oxygen atoms in total. The Kier molecular flexibility index (Phi) is 8.29. The summed E-state index contributed by atoms with van der Waals surface area (Å²) < 4.78 is 1.71. The Morgan fingerprint density at radius 3 is 2.48 bits per heavy atom. The third-order valence-electron chi connectivity index (χ3n) is 4.33. The van der Waals surface area contributed by atoms with Crippen LogP contribution in [-0.4, -0.2) is 29.3 Å². The largest absolute Gasteiger partial charge is 0.330 e. The molecule has 0 aliphatic heterocycles. The number of rotatable bonds is 4. The summed E-state index contributed by atoms with van der Waals surface area (Å²) in [7, 11) is 3.66. The SMILES string of the molecule is CN(C(=O)CC1(CN)CCCCC1)c1cnn(C)c1.Cl.Cl. The minimum atomic E-state index is 0. The van der Waals surface area contributed by atoms with Crippen molar-refractivity contribution in [1.82, 2.24) is 9.78 Å². The van der Waals surface area contributed by atoms with E-state index in [0.717, 1.165) is 18.5 Å². The lowest BCUT2D eigenvalue weighted by molar-refractivity contribution is -0.121. The highest BCUT2D eigenvalue weighted by Crippen LogP contribution is 2.38. The molecule has 0 bridgehead atoms. The standard InChI is InChI=1S/C14H24N4O.2ClH/c1-17-10-12(9-16-17)18(2)13(19)8-14(11-15)6-4-3-5-7-14;;/h9-10H,3-8,11,15H2,1-2H3;2*1H. The molecule has 1 aliphatic carbocycles. The molecule has 1 aromatic rings. The average Bonchev–Trinajstić information content (AvgIpc) is 2.85. The third kappa shape index (κ3) is 4.87. The molecule has 0 unspecified atom stereocenters. The van der Waals surface area contributed by atoms with Gasteiger partial charge >= 0.3 is 0 Å². The molecular formula is C14H26Cl2N4O. The van der Waals surface area contributed by atoms with Crippen LogP contribution in [0.4, 0.5) is 5.69 Å². The van der Waals surface area contributed by atoms with Gasteiger partial charge in [-0.05, 0) is 24.8 Å². The molecule has 21 heavy (non-hydrogen) atoms. The predicted molar refractivity (Wildman–Crippen MR) is 90.3 cm³/mol. The van der Waals surface area contributed by atoms with Crippen LogP contribution in [0.2, 0.25) is 0 Å². The molecule has 0 aromatic carbocycles. The highest BCUT2D eigenvalue weighted by Gasteiger charge is 2.34. The minimum absolute atomic E-state index is 0. The molecule has 1 aromatic heterocycles. The normalized spacial score (nSPS) is 16.5. The van der Waals surface area contributed by atoms with Crippen LogP contribution in [-0.2, 0) is 11.8 Å². The molecule has 122 valence electrons.